The van der Waals surface area contributed by atoms with E-state index < -0.39 is 5.97 Å². The molecular weight excluding hydrogens is 208 g/mol. The lowest BCUT2D eigenvalue weighted by atomic mass is 9.79. The molecule has 2 unspecified atom stereocenters. The molecule has 2 aliphatic carbocycles. The molecule has 0 spiro atoms. The van der Waals surface area contributed by atoms with Gasteiger partial charge in [-0.2, -0.15) is 0 Å². The van der Waals surface area contributed by atoms with E-state index in [4.69, 9.17) is 5.11 Å². The van der Waals surface area contributed by atoms with Crippen LogP contribution in [0, 0.1) is 5.92 Å². The van der Waals surface area contributed by atoms with Gasteiger partial charge in [-0.1, -0.05) is 0 Å². The van der Waals surface area contributed by atoms with Gasteiger partial charge >= 0.3 is 5.97 Å². The minimum Gasteiger partial charge on any atom is -0.481 e. The number of carbonyl (C=O) groups is 2. The lowest BCUT2D eigenvalue weighted by Gasteiger charge is -2.34. The molecule has 0 aliphatic heterocycles. The number of hydrogen-bond acceptors (Lipinski definition) is 3. The van der Waals surface area contributed by atoms with Crippen molar-refractivity contribution < 1.29 is 14.7 Å². The molecule has 2 saturated carbocycles. The Morgan fingerprint density at radius 3 is 2.44 bits per heavy atom. The SMILES string of the molecule is O=C(CCNC1CCC1C(=O)O)NC1CC1. The van der Waals surface area contributed by atoms with Crippen molar-refractivity contribution in [1.82, 2.24) is 10.6 Å². The average molecular weight is 226 g/mol. The van der Waals surface area contributed by atoms with Gasteiger partial charge < -0.3 is 15.7 Å². The molecule has 5 nitrogen and oxygen atoms in total. The Balaban J connectivity index is 1.57. The number of carboxylic acids is 1. The summed E-state index contributed by atoms with van der Waals surface area (Å²) in [6.07, 6.45) is 4.30. The molecule has 2 aliphatic rings. The summed E-state index contributed by atoms with van der Waals surface area (Å²) in [5.41, 5.74) is 0. The monoisotopic (exact) mass is 226 g/mol. The van der Waals surface area contributed by atoms with Crippen molar-refractivity contribution in [3.8, 4) is 0 Å². The van der Waals surface area contributed by atoms with E-state index in [1.54, 1.807) is 0 Å². The first-order valence-electron chi connectivity index (χ1n) is 5.92. The molecule has 3 N–H and O–H groups in total. The van der Waals surface area contributed by atoms with E-state index in [1.807, 2.05) is 0 Å². The third-order valence-electron chi connectivity index (χ3n) is 3.29. The number of carbonyl (C=O) groups excluding carboxylic acids is 1. The van der Waals surface area contributed by atoms with E-state index in [0.29, 0.717) is 19.0 Å². The summed E-state index contributed by atoms with van der Waals surface area (Å²) in [4.78, 5) is 22.1. The van der Waals surface area contributed by atoms with Crippen LogP contribution in [0.1, 0.15) is 32.1 Å². The lowest BCUT2D eigenvalue weighted by Crippen LogP contribution is -2.48. The molecule has 0 saturated heterocycles. The average Bonchev–Trinajstić information content (AvgIpc) is 2.93. The highest BCUT2D eigenvalue weighted by atomic mass is 16.4. The second-order valence-corrected chi connectivity index (χ2v) is 4.67. The molecule has 0 bridgehead atoms. The Morgan fingerprint density at radius 1 is 1.19 bits per heavy atom. The first kappa shape index (κ1) is 11.4. The van der Waals surface area contributed by atoms with Crippen molar-refractivity contribution in [3.05, 3.63) is 0 Å². The molecule has 5 heteroatoms. The van der Waals surface area contributed by atoms with Gasteiger partial charge in [0.15, 0.2) is 0 Å². The second-order valence-electron chi connectivity index (χ2n) is 4.67. The van der Waals surface area contributed by atoms with Crippen molar-refractivity contribution in [2.24, 2.45) is 5.92 Å². The normalized spacial score (nSPS) is 28.2. The molecule has 0 heterocycles. The Kier molecular flexibility index (Phi) is 3.43. The minimum absolute atomic E-state index is 0.0613. The predicted octanol–water partition coefficient (Wildman–Crippen LogP) is 0.108. The summed E-state index contributed by atoms with van der Waals surface area (Å²) in [7, 11) is 0. The molecule has 0 aromatic heterocycles. The van der Waals surface area contributed by atoms with Crippen LogP contribution in [0.5, 0.6) is 0 Å². The maximum atomic E-state index is 11.3. The second kappa shape index (κ2) is 4.82. The summed E-state index contributed by atoms with van der Waals surface area (Å²) in [6, 6.07) is 0.467. The van der Waals surface area contributed by atoms with Crippen LogP contribution in [-0.2, 0) is 9.59 Å². The van der Waals surface area contributed by atoms with E-state index in [1.165, 1.54) is 0 Å². The van der Waals surface area contributed by atoms with Crippen LogP contribution in [0.25, 0.3) is 0 Å². The van der Waals surface area contributed by atoms with Crippen LogP contribution < -0.4 is 10.6 Å². The number of rotatable bonds is 6. The molecule has 2 atom stereocenters. The van der Waals surface area contributed by atoms with Crippen LogP contribution in [0.3, 0.4) is 0 Å². The highest BCUT2D eigenvalue weighted by Gasteiger charge is 2.36. The molecule has 0 aromatic rings. The third-order valence-corrected chi connectivity index (χ3v) is 3.29. The molecular formula is C11H18N2O3. The number of carboxylic acid groups (broad SMARTS) is 1. The minimum atomic E-state index is -0.730. The van der Waals surface area contributed by atoms with Crippen molar-refractivity contribution in [2.45, 2.75) is 44.2 Å². The largest absolute Gasteiger partial charge is 0.481 e. The molecule has 16 heavy (non-hydrogen) atoms. The fourth-order valence-electron chi connectivity index (χ4n) is 1.94. The zero-order chi connectivity index (χ0) is 11.5. The summed E-state index contributed by atoms with van der Waals surface area (Å²) >= 11 is 0. The van der Waals surface area contributed by atoms with Gasteiger partial charge in [0.2, 0.25) is 5.91 Å². The highest BCUT2D eigenvalue weighted by Crippen LogP contribution is 2.27. The summed E-state index contributed by atoms with van der Waals surface area (Å²) in [5, 5.41) is 14.9. The van der Waals surface area contributed by atoms with Gasteiger partial charge in [-0.15, -0.1) is 0 Å². The van der Waals surface area contributed by atoms with Crippen molar-refractivity contribution in [3.63, 3.8) is 0 Å². The maximum absolute atomic E-state index is 11.3. The van der Waals surface area contributed by atoms with Crippen molar-refractivity contribution >= 4 is 11.9 Å². The van der Waals surface area contributed by atoms with Gasteiger partial charge in [0.25, 0.3) is 0 Å². The Labute approximate surface area is 94.6 Å². The Morgan fingerprint density at radius 2 is 1.94 bits per heavy atom. The van der Waals surface area contributed by atoms with E-state index in [0.717, 1.165) is 25.7 Å². The topological polar surface area (TPSA) is 78.4 Å². The van der Waals surface area contributed by atoms with Gasteiger partial charge in [-0.05, 0) is 25.7 Å². The molecule has 0 radical (unpaired) electrons. The highest BCUT2D eigenvalue weighted by molar-refractivity contribution is 5.76. The number of amides is 1. The molecule has 2 rings (SSSR count). The number of hydrogen-bond donors (Lipinski definition) is 3. The standard InChI is InChI=1S/C11H18N2O3/c14-10(13-7-1-2-7)5-6-12-9-4-3-8(9)11(15)16/h7-9,12H,1-6H2,(H,13,14)(H,15,16). The predicted molar refractivity (Wildman–Crippen MR) is 57.9 cm³/mol. The number of nitrogens with one attached hydrogen (secondary N) is 2. The summed E-state index contributed by atoms with van der Waals surface area (Å²) in [5.74, 6) is -0.918. The Hall–Kier alpha value is -1.10. The molecule has 90 valence electrons. The van der Waals surface area contributed by atoms with Gasteiger partial charge in [-0.3, -0.25) is 9.59 Å². The maximum Gasteiger partial charge on any atom is 0.308 e. The zero-order valence-corrected chi connectivity index (χ0v) is 9.24. The zero-order valence-electron chi connectivity index (χ0n) is 9.24. The van der Waals surface area contributed by atoms with Crippen LogP contribution in [-0.4, -0.2) is 35.6 Å². The van der Waals surface area contributed by atoms with Crippen LogP contribution in [0.2, 0.25) is 0 Å². The summed E-state index contributed by atoms with van der Waals surface area (Å²) < 4.78 is 0. The van der Waals surface area contributed by atoms with E-state index in [9.17, 15) is 9.59 Å². The van der Waals surface area contributed by atoms with Crippen LogP contribution in [0.15, 0.2) is 0 Å². The first-order chi connectivity index (χ1) is 7.66. The summed E-state index contributed by atoms with van der Waals surface area (Å²) in [6.45, 7) is 0.576. The van der Waals surface area contributed by atoms with Gasteiger partial charge in [0, 0.05) is 25.0 Å². The van der Waals surface area contributed by atoms with Crippen molar-refractivity contribution in [1.29, 1.82) is 0 Å². The fraction of sp³-hybridized carbons (Fsp3) is 0.818. The molecule has 2 fully saturated rings. The smallest absolute Gasteiger partial charge is 0.308 e. The quantitative estimate of drug-likeness (QED) is 0.600. The lowest BCUT2D eigenvalue weighted by molar-refractivity contribution is -0.146. The van der Waals surface area contributed by atoms with Crippen LogP contribution in [0.4, 0.5) is 0 Å². The van der Waals surface area contributed by atoms with Crippen LogP contribution >= 0.6 is 0 Å². The Bertz CT molecular complexity index is 289. The third kappa shape index (κ3) is 2.95. The van der Waals surface area contributed by atoms with E-state index in [-0.39, 0.29) is 17.9 Å². The van der Waals surface area contributed by atoms with Gasteiger partial charge in [0.1, 0.15) is 0 Å². The molecule has 1 amide bonds. The fourth-order valence-corrected chi connectivity index (χ4v) is 1.94. The van der Waals surface area contributed by atoms with Crippen molar-refractivity contribution in [2.75, 3.05) is 6.54 Å². The molecule has 0 aromatic carbocycles. The van der Waals surface area contributed by atoms with E-state index in [2.05, 4.69) is 10.6 Å². The van der Waals surface area contributed by atoms with Gasteiger partial charge in [0.05, 0.1) is 5.92 Å². The van der Waals surface area contributed by atoms with Gasteiger partial charge in [-0.25, -0.2) is 0 Å². The van der Waals surface area contributed by atoms with E-state index >= 15 is 0 Å². The first-order valence-corrected chi connectivity index (χ1v) is 5.92. The number of aliphatic carboxylic acids is 1.